The Bertz CT molecular complexity index is 797. The number of aliphatic carboxylic acids is 1. The molecule has 0 radical (unpaired) electrons. The number of aliphatic hydroxyl groups is 1. The number of hydrogen-bond acceptors (Lipinski definition) is 5. The average Bonchev–Trinajstić information content (AvgIpc) is 2.71. The highest BCUT2D eigenvalue weighted by Gasteiger charge is 2.22. The number of carbonyl (C=O) groups excluding carboxylic acids is 2. The molecule has 0 bridgehead atoms. The summed E-state index contributed by atoms with van der Waals surface area (Å²) in [4.78, 5) is 35.1. The maximum atomic E-state index is 12.0. The first-order valence-electron chi connectivity index (χ1n) is 9.12. The van der Waals surface area contributed by atoms with Crippen LogP contribution in [0.15, 0.2) is 60.7 Å². The van der Waals surface area contributed by atoms with E-state index in [1.165, 1.54) is 0 Å². The molecule has 2 atom stereocenters. The standard InChI is InChI=1S/C21H24N2O6/c24-17(13-22-21(28)29-14-16-9-5-2-6-10-16)12-19(25)23-18(20(26)27)11-15-7-3-1-4-8-15/h1-10,17-18,24H,11-14H2,(H,22,28)(H,23,25)(H,26,27)/t17-,18+/m1/s1. The molecule has 154 valence electrons. The van der Waals surface area contributed by atoms with Gasteiger partial charge in [-0.15, -0.1) is 0 Å². The first kappa shape index (κ1) is 21.9. The number of nitrogens with one attached hydrogen (secondary N) is 2. The topological polar surface area (TPSA) is 125 Å². The van der Waals surface area contributed by atoms with Gasteiger partial charge in [-0.1, -0.05) is 60.7 Å². The van der Waals surface area contributed by atoms with Crippen LogP contribution in [0.2, 0.25) is 0 Å². The van der Waals surface area contributed by atoms with Crippen LogP contribution >= 0.6 is 0 Å². The van der Waals surface area contributed by atoms with E-state index in [2.05, 4.69) is 10.6 Å². The molecule has 0 spiro atoms. The van der Waals surface area contributed by atoms with E-state index in [0.717, 1.165) is 11.1 Å². The Labute approximate surface area is 168 Å². The molecule has 0 heterocycles. The van der Waals surface area contributed by atoms with Gasteiger partial charge in [0, 0.05) is 13.0 Å². The lowest BCUT2D eigenvalue weighted by Crippen LogP contribution is -2.44. The average molecular weight is 400 g/mol. The Morgan fingerprint density at radius 3 is 2.10 bits per heavy atom. The molecule has 0 aromatic heterocycles. The number of carboxylic acid groups (broad SMARTS) is 1. The summed E-state index contributed by atoms with van der Waals surface area (Å²) < 4.78 is 5.01. The number of ether oxygens (including phenoxy) is 1. The fraction of sp³-hybridized carbons (Fsp3) is 0.286. The number of hydrogen-bond donors (Lipinski definition) is 4. The molecule has 2 amide bonds. The summed E-state index contributed by atoms with van der Waals surface area (Å²) in [5.74, 6) is -1.79. The van der Waals surface area contributed by atoms with E-state index >= 15 is 0 Å². The Balaban J connectivity index is 1.71. The third kappa shape index (κ3) is 8.44. The van der Waals surface area contributed by atoms with E-state index in [-0.39, 0.29) is 26.0 Å². The van der Waals surface area contributed by atoms with Gasteiger partial charge in [-0.05, 0) is 11.1 Å². The second-order valence-electron chi connectivity index (χ2n) is 6.45. The first-order chi connectivity index (χ1) is 13.9. The largest absolute Gasteiger partial charge is 0.480 e. The van der Waals surface area contributed by atoms with Crippen LogP contribution in [-0.4, -0.2) is 46.9 Å². The fourth-order valence-corrected chi connectivity index (χ4v) is 2.56. The molecule has 8 heteroatoms. The summed E-state index contributed by atoms with van der Waals surface area (Å²) in [6.07, 6.45) is -2.12. The predicted molar refractivity (Wildman–Crippen MR) is 105 cm³/mol. The minimum atomic E-state index is -1.18. The summed E-state index contributed by atoms with van der Waals surface area (Å²) in [7, 11) is 0. The third-order valence-electron chi connectivity index (χ3n) is 4.03. The second kappa shape index (κ2) is 11.5. The molecule has 29 heavy (non-hydrogen) atoms. The van der Waals surface area contributed by atoms with Gasteiger partial charge < -0.3 is 25.6 Å². The number of amides is 2. The third-order valence-corrected chi connectivity index (χ3v) is 4.03. The van der Waals surface area contributed by atoms with Crippen LogP contribution < -0.4 is 10.6 Å². The molecule has 0 fully saturated rings. The Morgan fingerprint density at radius 1 is 0.931 bits per heavy atom. The molecule has 0 aliphatic rings. The van der Waals surface area contributed by atoms with Crippen molar-refractivity contribution in [1.82, 2.24) is 10.6 Å². The monoisotopic (exact) mass is 400 g/mol. The van der Waals surface area contributed by atoms with Gasteiger partial charge in [0.15, 0.2) is 0 Å². The molecule has 4 N–H and O–H groups in total. The van der Waals surface area contributed by atoms with E-state index in [4.69, 9.17) is 4.74 Å². The SMILES string of the molecule is O=C(C[C@@H](O)CNC(=O)OCc1ccccc1)N[C@@H](Cc1ccccc1)C(=O)O. The van der Waals surface area contributed by atoms with Crippen LogP contribution in [0.4, 0.5) is 4.79 Å². The molecular formula is C21H24N2O6. The lowest BCUT2D eigenvalue weighted by molar-refractivity contribution is -0.142. The number of aliphatic hydroxyl groups excluding tert-OH is 1. The van der Waals surface area contributed by atoms with Gasteiger partial charge in [-0.2, -0.15) is 0 Å². The van der Waals surface area contributed by atoms with Gasteiger partial charge in [0.05, 0.1) is 12.5 Å². The van der Waals surface area contributed by atoms with Crippen LogP contribution in [0.1, 0.15) is 17.5 Å². The predicted octanol–water partition coefficient (Wildman–Crippen LogP) is 1.48. The zero-order valence-corrected chi connectivity index (χ0v) is 15.8. The van der Waals surface area contributed by atoms with Gasteiger partial charge in [-0.25, -0.2) is 9.59 Å². The smallest absolute Gasteiger partial charge is 0.407 e. The molecule has 8 nitrogen and oxygen atoms in total. The molecule has 2 aromatic rings. The molecule has 2 aromatic carbocycles. The van der Waals surface area contributed by atoms with Crippen LogP contribution in [0.3, 0.4) is 0 Å². The summed E-state index contributed by atoms with van der Waals surface area (Å²) in [6.45, 7) is -0.111. The highest BCUT2D eigenvalue weighted by atomic mass is 16.5. The summed E-state index contributed by atoms with van der Waals surface area (Å²) in [5.41, 5.74) is 1.59. The van der Waals surface area contributed by atoms with Crippen LogP contribution in [0.25, 0.3) is 0 Å². The zero-order valence-electron chi connectivity index (χ0n) is 15.8. The van der Waals surface area contributed by atoms with Crippen molar-refractivity contribution < 1.29 is 29.3 Å². The highest BCUT2D eigenvalue weighted by Crippen LogP contribution is 2.04. The van der Waals surface area contributed by atoms with Crippen molar-refractivity contribution in [3.63, 3.8) is 0 Å². The van der Waals surface area contributed by atoms with Crippen molar-refractivity contribution in [3.05, 3.63) is 71.8 Å². The van der Waals surface area contributed by atoms with Crippen molar-refractivity contribution in [2.24, 2.45) is 0 Å². The molecule has 0 saturated heterocycles. The molecule has 0 unspecified atom stereocenters. The van der Waals surface area contributed by atoms with Gasteiger partial charge >= 0.3 is 12.1 Å². The molecule has 0 aliphatic carbocycles. The van der Waals surface area contributed by atoms with E-state index < -0.39 is 30.1 Å². The number of alkyl carbamates (subject to hydrolysis) is 1. The number of carbonyl (C=O) groups is 3. The minimum Gasteiger partial charge on any atom is -0.480 e. The van der Waals surface area contributed by atoms with Gasteiger partial charge in [0.2, 0.25) is 5.91 Å². The molecule has 0 aliphatic heterocycles. The van der Waals surface area contributed by atoms with Gasteiger partial charge in [0.1, 0.15) is 12.6 Å². The number of carboxylic acids is 1. The number of benzene rings is 2. The Hall–Kier alpha value is -3.39. The second-order valence-corrected chi connectivity index (χ2v) is 6.45. The number of rotatable bonds is 10. The van der Waals surface area contributed by atoms with E-state index in [1.807, 2.05) is 24.3 Å². The maximum Gasteiger partial charge on any atom is 0.407 e. The summed E-state index contributed by atoms with van der Waals surface area (Å²) in [5, 5.41) is 24.0. The van der Waals surface area contributed by atoms with Crippen LogP contribution in [0, 0.1) is 0 Å². The molecular weight excluding hydrogens is 376 g/mol. The minimum absolute atomic E-state index is 0.0863. The summed E-state index contributed by atoms with van der Waals surface area (Å²) >= 11 is 0. The van der Waals surface area contributed by atoms with Crippen LogP contribution in [0.5, 0.6) is 0 Å². The van der Waals surface area contributed by atoms with E-state index in [1.54, 1.807) is 36.4 Å². The van der Waals surface area contributed by atoms with Gasteiger partial charge in [0.25, 0.3) is 0 Å². The van der Waals surface area contributed by atoms with E-state index in [0.29, 0.717) is 0 Å². The maximum absolute atomic E-state index is 12.0. The van der Waals surface area contributed by atoms with Crippen molar-refractivity contribution in [3.8, 4) is 0 Å². The quantitative estimate of drug-likeness (QED) is 0.479. The van der Waals surface area contributed by atoms with E-state index in [9.17, 15) is 24.6 Å². The first-order valence-corrected chi connectivity index (χ1v) is 9.12. The van der Waals surface area contributed by atoms with Crippen molar-refractivity contribution in [2.45, 2.75) is 31.6 Å². The highest BCUT2D eigenvalue weighted by molar-refractivity contribution is 5.84. The van der Waals surface area contributed by atoms with Crippen LogP contribution in [-0.2, 0) is 27.4 Å². The van der Waals surface area contributed by atoms with Crippen molar-refractivity contribution in [2.75, 3.05) is 6.54 Å². The fourth-order valence-electron chi connectivity index (χ4n) is 2.56. The van der Waals surface area contributed by atoms with Crippen molar-refractivity contribution in [1.29, 1.82) is 0 Å². The molecule has 2 rings (SSSR count). The lowest BCUT2D eigenvalue weighted by atomic mass is 10.1. The summed E-state index contributed by atoms with van der Waals surface area (Å²) in [6, 6.07) is 16.9. The van der Waals surface area contributed by atoms with Gasteiger partial charge in [-0.3, -0.25) is 4.79 Å². The lowest BCUT2D eigenvalue weighted by Gasteiger charge is -2.16. The Morgan fingerprint density at radius 2 is 1.52 bits per heavy atom. The zero-order chi connectivity index (χ0) is 21.1. The Kier molecular flexibility index (Phi) is 8.65. The molecule has 0 saturated carbocycles. The normalized spacial score (nSPS) is 12.4. The van der Waals surface area contributed by atoms with Crippen molar-refractivity contribution >= 4 is 18.0 Å².